The zero-order valence-electron chi connectivity index (χ0n) is 23.3. The van der Waals surface area contributed by atoms with Gasteiger partial charge in [-0.2, -0.15) is 0 Å². The van der Waals surface area contributed by atoms with E-state index in [-0.39, 0.29) is 47.5 Å². The number of fused-ring (bicyclic) bond motifs is 1. The molecule has 3 aromatic rings. The molecule has 0 saturated carbocycles. The molecule has 0 spiro atoms. The van der Waals surface area contributed by atoms with Gasteiger partial charge in [0, 0.05) is 18.5 Å². The molecule has 5 atom stereocenters. The number of nitrogens with zero attached hydrogens (tertiary/aromatic N) is 3. The van der Waals surface area contributed by atoms with Gasteiger partial charge in [-0.1, -0.05) is 42.1 Å². The standard InChI is InChI=1S/C26H35FN5O8PS/c1-25(2,14-33)24(35)42-10-9-38-41(37,31-11-16-7-5-4-6-8-16)39-13-18-20(34)26(3,36)23(40-18)32-12-17(27)19-21(28)29-15-30-22(19)32/h4-8,12,15,18,20,23,33-34,36H,9-11,13-14H2,1-3H3,(H,31,37)(H2,28,29,30)/t18-,20?,23-,26?,41?/m1/s1. The van der Waals surface area contributed by atoms with Crippen LogP contribution in [0.4, 0.5) is 10.2 Å². The van der Waals surface area contributed by atoms with Crippen LogP contribution in [0, 0.1) is 11.2 Å². The second-order valence-electron chi connectivity index (χ2n) is 10.7. The molecule has 1 aliphatic heterocycles. The quantitative estimate of drug-likeness (QED) is 0.137. The van der Waals surface area contributed by atoms with Gasteiger partial charge < -0.3 is 25.8 Å². The van der Waals surface area contributed by atoms with Crippen LogP contribution in [0.25, 0.3) is 11.0 Å². The van der Waals surface area contributed by atoms with Crippen molar-refractivity contribution in [2.24, 2.45) is 5.41 Å². The van der Waals surface area contributed by atoms with E-state index < -0.39 is 49.6 Å². The minimum atomic E-state index is -4.05. The van der Waals surface area contributed by atoms with Gasteiger partial charge in [-0.05, 0) is 26.3 Å². The zero-order valence-corrected chi connectivity index (χ0v) is 25.1. The van der Waals surface area contributed by atoms with E-state index in [2.05, 4.69) is 15.1 Å². The normalized spacial score (nSPS) is 24.2. The number of ether oxygens (including phenoxy) is 1. The van der Waals surface area contributed by atoms with E-state index in [1.165, 1.54) is 11.5 Å². The molecular formula is C26H35FN5O8PS. The topological polar surface area (TPSA) is 191 Å². The molecular weight excluding hydrogens is 592 g/mol. The van der Waals surface area contributed by atoms with Crippen LogP contribution in [0.5, 0.6) is 0 Å². The number of hydrogen-bond acceptors (Lipinski definition) is 12. The highest BCUT2D eigenvalue weighted by molar-refractivity contribution is 8.13. The lowest BCUT2D eigenvalue weighted by molar-refractivity contribution is -0.119. The molecule has 1 fully saturated rings. The molecule has 1 aliphatic rings. The Bertz CT molecular complexity index is 1440. The summed E-state index contributed by atoms with van der Waals surface area (Å²) in [5, 5.41) is 33.9. The Labute approximate surface area is 246 Å². The van der Waals surface area contributed by atoms with Crippen LogP contribution in [0.2, 0.25) is 0 Å². The lowest BCUT2D eigenvalue weighted by Crippen LogP contribution is -2.44. The summed E-state index contributed by atoms with van der Waals surface area (Å²) in [7, 11) is -4.05. The van der Waals surface area contributed by atoms with Gasteiger partial charge in [-0.3, -0.25) is 18.4 Å². The van der Waals surface area contributed by atoms with Crippen LogP contribution in [-0.2, 0) is 29.7 Å². The molecule has 3 heterocycles. The smallest absolute Gasteiger partial charge is 0.395 e. The average molecular weight is 628 g/mol. The SMILES string of the molecule is CC(C)(CO)C(=O)SCCOP(=O)(NCc1ccccc1)OC[C@H]1O[C@@H](n2cc(F)c3c(N)ncnc32)C(C)(O)C1O. The highest BCUT2D eigenvalue weighted by atomic mass is 32.2. The number of hydrogen-bond donors (Lipinski definition) is 5. The summed E-state index contributed by atoms with van der Waals surface area (Å²) in [6, 6.07) is 9.08. The number of aromatic nitrogens is 3. The lowest BCUT2D eigenvalue weighted by Gasteiger charge is -2.27. The van der Waals surface area contributed by atoms with E-state index >= 15 is 0 Å². The van der Waals surface area contributed by atoms with Gasteiger partial charge in [-0.25, -0.2) is 24.0 Å². The van der Waals surface area contributed by atoms with Gasteiger partial charge in [0.25, 0.3) is 0 Å². The highest BCUT2D eigenvalue weighted by Gasteiger charge is 2.54. The molecule has 6 N–H and O–H groups in total. The number of thioether (sulfide) groups is 1. The second-order valence-corrected chi connectivity index (χ2v) is 13.6. The molecule has 0 amide bonds. The number of carbonyl (C=O) groups excluding carboxylic acids is 1. The van der Waals surface area contributed by atoms with Crippen LogP contribution < -0.4 is 10.8 Å². The lowest BCUT2D eigenvalue weighted by atomic mass is 9.96. The number of aliphatic hydroxyl groups excluding tert-OH is 2. The molecule has 4 rings (SSSR count). The Kier molecular flexibility index (Phi) is 10.1. The van der Waals surface area contributed by atoms with Crippen LogP contribution in [0.3, 0.4) is 0 Å². The van der Waals surface area contributed by atoms with E-state index in [9.17, 15) is 29.1 Å². The summed E-state index contributed by atoms with van der Waals surface area (Å²) in [6.45, 7) is 3.71. The summed E-state index contributed by atoms with van der Waals surface area (Å²) < 4.78 is 46.7. The van der Waals surface area contributed by atoms with Crippen molar-refractivity contribution in [3.63, 3.8) is 0 Å². The predicted octanol–water partition coefficient (Wildman–Crippen LogP) is 2.37. The van der Waals surface area contributed by atoms with E-state index in [0.717, 1.165) is 29.8 Å². The van der Waals surface area contributed by atoms with Crippen molar-refractivity contribution in [2.75, 3.05) is 31.3 Å². The Hall–Kier alpha value is -2.46. The third kappa shape index (κ3) is 7.01. The summed E-state index contributed by atoms with van der Waals surface area (Å²) in [4.78, 5) is 20.1. The van der Waals surface area contributed by atoms with Gasteiger partial charge in [0.05, 0.1) is 30.6 Å². The number of nitrogens with two attached hydrogens (primary N) is 1. The third-order valence-corrected chi connectivity index (χ3v) is 9.60. The van der Waals surface area contributed by atoms with E-state index in [0.29, 0.717) is 0 Å². The van der Waals surface area contributed by atoms with E-state index in [4.69, 9.17) is 19.5 Å². The summed E-state index contributed by atoms with van der Waals surface area (Å²) in [5.41, 5.74) is 3.76. The highest BCUT2D eigenvalue weighted by Crippen LogP contribution is 2.47. The summed E-state index contributed by atoms with van der Waals surface area (Å²) in [6.07, 6.45) is -1.88. The van der Waals surface area contributed by atoms with E-state index in [1.54, 1.807) is 13.8 Å². The number of nitrogen functional groups attached to an aromatic ring is 1. The van der Waals surface area contributed by atoms with Crippen LogP contribution in [0.15, 0.2) is 42.9 Å². The van der Waals surface area contributed by atoms with Crippen molar-refractivity contribution in [2.45, 2.75) is 51.4 Å². The van der Waals surface area contributed by atoms with Crippen molar-refractivity contribution < 1.29 is 42.9 Å². The van der Waals surface area contributed by atoms with Crippen molar-refractivity contribution >= 4 is 41.5 Å². The first kappa shape index (κ1) is 32.5. The van der Waals surface area contributed by atoms with Crippen molar-refractivity contribution in [1.29, 1.82) is 0 Å². The Balaban J connectivity index is 1.46. The van der Waals surface area contributed by atoms with Gasteiger partial charge in [0.2, 0.25) is 0 Å². The molecule has 0 radical (unpaired) electrons. The van der Waals surface area contributed by atoms with Crippen molar-refractivity contribution in [1.82, 2.24) is 19.6 Å². The maximum Gasteiger partial charge on any atom is 0.405 e. The Morgan fingerprint density at radius 2 is 2.02 bits per heavy atom. The van der Waals surface area contributed by atoms with Crippen LogP contribution in [0.1, 0.15) is 32.6 Å². The second kappa shape index (κ2) is 13.0. The molecule has 1 aromatic carbocycles. The number of carbonyl (C=O) groups is 1. The molecule has 16 heteroatoms. The number of anilines is 1. The van der Waals surface area contributed by atoms with E-state index in [1.807, 2.05) is 30.3 Å². The first-order valence-corrected chi connectivity index (χ1v) is 15.6. The molecule has 230 valence electrons. The zero-order chi connectivity index (χ0) is 30.7. The number of benzene rings is 1. The third-order valence-electron chi connectivity index (χ3n) is 6.85. The number of rotatable bonds is 13. The summed E-state index contributed by atoms with van der Waals surface area (Å²) >= 11 is 0.930. The maximum atomic E-state index is 14.7. The molecule has 1 saturated heterocycles. The van der Waals surface area contributed by atoms with Gasteiger partial charge in [0.1, 0.15) is 30.0 Å². The fraction of sp³-hybridized carbons (Fsp3) is 0.500. The van der Waals surface area contributed by atoms with Gasteiger partial charge in [-0.15, -0.1) is 0 Å². The molecule has 42 heavy (non-hydrogen) atoms. The van der Waals surface area contributed by atoms with Crippen molar-refractivity contribution in [3.05, 3.63) is 54.2 Å². The first-order chi connectivity index (χ1) is 19.8. The summed E-state index contributed by atoms with van der Waals surface area (Å²) in [5.74, 6) is -0.700. The first-order valence-electron chi connectivity index (χ1n) is 13.1. The molecule has 13 nitrogen and oxygen atoms in total. The maximum absolute atomic E-state index is 14.7. The number of aliphatic hydroxyl groups is 3. The van der Waals surface area contributed by atoms with Crippen LogP contribution in [-0.4, -0.2) is 78.4 Å². The van der Waals surface area contributed by atoms with Crippen LogP contribution >= 0.6 is 19.5 Å². The fourth-order valence-corrected chi connectivity index (χ4v) is 6.49. The minimum Gasteiger partial charge on any atom is -0.395 e. The monoisotopic (exact) mass is 627 g/mol. The number of halogens is 1. The average Bonchev–Trinajstić information content (AvgIpc) is 3.42. The molecule has 0 bridgehead atoms. The van der Waals surface area contributed by atoms with Gasteiger partial charge in [0.15, 0.2) is 22.8 Å². The molecule has 0 aliphatic carbocycles. The largest absolute Gasteiger partial charge is 0.405 e. The minimum absolute atomic E-state index is 0.0500. The number of nitrogens with one attached hydrogen (secondary N) is 1. The van der Waals surface area contributed by atoms with Crippen molar-refractivity contribution in [3.8, 4) is 0 Å². The fourth-order valence-electron chi connectivity index (χ4n) is 4.25. The molecule has 3 unspecified atom stereocenters. The molecule has 2 aromatic heterocycles. The Morgan fingerprint density at radius 3 is 2.71 bits per heavy atom. The van der Waals surface area contributed by atoms with Gasteiger partial charge >= 0.3 is 7.75 Å². The Morgan fingerprint density at radius 1 is 1.31 bits per heavy atom. The predicted molar refractivity (Wildman–Crippen MR) is 154 cm³/mol.